The maximum absolute atomic E-state index is 6.47. The first-order valence-electron chi connectivity index (χ1n) is 11.6. The standard InChI is InChI=1S/C27H23Cl3O6/c28-18-7-1-15(2-8-18)25-31-13-21-23-24(36-27(35-23)17-5-11-20(30)12-6-17)22(14-32-25)34-26(33-21)16-3-9-19(29)10-4-16/h1-12,21-27H,13-14H2/t21-,22+,23-,24-,25?,26?,27?/m1/s1. The van der Waals surface area contributed by atoms with Gasteiger partial charge in [-0.2, -0.15) is 0 Å². The first kappa shape index (κ1) is 24.6. The van der Waals surface area contributed by atoms with E-state index in [1.807, 2.05) is 48.5 Å². The second-order valence-corrected chi connectivity index (χ2v) is 10.2. The second kappa shape index (κ2) is 10.6. The number of hydrogen-bond acceptors (Lipinski definition) is 6. The van der Waals surface area contributed by atoms with Crippen LogP contribution in [0.5, 0.6) is 0 Å². The minimum absolute atomic E-state index is 0.200. The van der Waals surface area contributed by atoms with Crippen LogP contribution in [-0.2, 0) is 28.4 Å². The van der Waals surface area contributed by atoms with Crippen molar-refractivity contribution in [3.8, 4) is 0 Å². The van der Waals surface area contributed by atoms with Crippen molar-refractivity contribution in [1.29, 1.82) is 0 Å². The summed E-state index contributed by atoms with van der Waals surface area (Å²) in [6.07, 6.45) is -3.74. The Morgan fingerprint density at radius 1 is 0.444 bits per heavy atom. The van der Waals surface area contributed by atoms with Crippen LogP contribution in [0.1, 0.15) is 35.6 Å². The van der Waals surface area contributed by atoms with Crippen LogP contribution in [0.2, 0.25) is 15.1 Å². The van der Waals surface area contributed by atoms with Crippen LogP contribution in [0.25, 0.3) is 0 Å². The van der Waals surface area contributed by atoms with E-state index in [0.29, 0.717) is 15.1 Å². The van der Waals surface area contributed by atoms with Crippen molar-refractivity contribution in [3.05, 3.63) is 105 Å². The first-order valence-corrected chi connectivity index (χ1v) is 12.8. The van der Waals surface area contributed by atoms with Crippen LogP contribution < -0.4 is 0 Å². The fourth-order valence-corrected chi connectivity index (χ4v) is 5.00. The Morgan fingerprint density at radius 3 is 1.17 bits per heavy atom. The Bertz CT molecular complexity index is 1100. The average Bonchev–Trinajstić information content (AvgIpc) is 3.29. The zero-order valence-corrected chi connectivity index (χ0v) is 21.2. The van der Waals surface area contributed by atoms with Gasteiger partial charge in [0, 0.05) is 31.8 Å². The SMILES string of the molecule is Clc1ccc(C2OC[C@@H]3OC(c4ccc(Cl)cc4)O[C@H](CO2)[C@H]2OC(c4ccc(Cl)cc4)O[C@@H]23)cc1. The molecule has 188 valence electrons. The van der Waals surface area contributed by atoms with E-state index < -0.39 is 43.3 Å². The molecule has 2 bridgehead atoms. The zero-order valence-electron chi connectivity index (χ0n) is 19.0. The summed E-state index contributed by atoms with van der Waals surface area (Å²) in [5.74, 6) is 0. The van der Waals surface area contributed by atoms with Crippen LogP contribution in [0.15, 0.2) is 72.8 Å². The molecule has 3 fully saturated rings. The molecular formula is C27H23Cl3O6. The predicted octanol–water partition coefficient (Wildman–Crippen LogP) is 6.66. The molecule has 3 aromatic rings. The quantitative estimate of drug-likeness (QED) is 0.364. The lowest BCUT2D eigenvalue weighted by molar-refractivity contribution is -0.266. The molecule has 0 aromatic heterocycles. The van der Waals surface area contributed by atoms with E-state index in [0.717, 1.165) is 16.7 Å². The second-order valence-electron chi connectivity index (χ2n) is 8.87. The Morgan fingerprint density at radius 2 is 0.778 bits per heavy atom. The molecule has 6 nitrogen and oxygen atoms in total. The third-order valence-corrected chi connectivity index (χ3v) is 7.22. The molecule has 0 amide bonds. The summed E-state index contributed by atoms with van der Waals surface area (Å²) in [5, 5.41) is 1.91. The number of ether oxygens (including phenoxy) is 6. The molecule has 9 heteroatoms. The minimum atomic E-state index is -0.664. The van der Waals surface area contributed by atoms with Crippen molar-refractivity contribution in [3.63, 3.8) is 0 Å². The van der Waals surface area contributed by atoms with E-state index in [-0.39, 0.29) is 13.2 Å². The molecule has 0 radical (unpaired) electrons. The number of rotatable bonds is 3. The van der Waals surface area contributed by atoms with Gasteiger partial charge in [-0.1, -0.05) is 71.2 Å². The summed E-state index contributed by atoms with van der Waals surface area (Å²) < 4.78 is 38.2. The van der Waals surface area contributed by atoms with Crippen LogP contribution >= 0.6 is 34.8 Å². The highest BCUT2D eigenvalue weighted by atomic mass is 35.5. The molecule has 6 rings (SSSR count). The fraction of sp³-hybridized carbons (Fsp3) is 0.333. The predicted molar refractivity (Wildman–Crippen MR) is 134 cm³/mol. The molecule has 3 aliphatic rings. The molecule has 3 aliphatic heterocycles. The van der Waals surface area contributed by atoms with Crippen molar-refractivity contribution < 1.29 is 28.4 Å². The van der Waals surface area contributed by atoms with E-state index >= 15 is 0 Å². The van der Waals surface area contributed by atoms with Gasteiger partial charge in [0.15, 0.2) is 18.9 Å². The first-order chi connectivity index (χ1) is 17.5. The Hall–Kier alpha value is -1.71. The monoisotopic (exact) mass is 548 g/mol. The molecule has 3 heterocycles. The highest BCUT2D eigenvalue weighted by Crippen LogP contribution is 2.42. The lowest BCUT2D eigenvalue weighted by atomic mass is 10.0. The van der Waals surface area contributed by atoms with Gasteiger partial charge >= 0.3 is 0 Å². The lowest BCUT2D eigenvalue weighted by Gasteiger charge is -2.29. The maximum atomic E-state index is 6.47. The largest absolute Gasteiger partial charge is 0.346 e. The zero-order chi connectivity index (χ0) is 24.6. The molecule has 0 spiro atoms. The smallest absolute Gasteiger partial charge is 0.184 e. The summed E-state index contributed by atoms with van der Waals surface area (Å²) >= 11 is 18.2. The van der Waals surface area contributed by atoms with Gasteiger partial charge in [0.2, 0.25) is 0 Å². The van der Waals surface area contributed by atoms with Crippen molar-refractivity contribution in [2.24, 2.45) is 0 Å². The van der Waals surface area contributed by atoms with Crippen molar-refractivity contribution in [2.45, 2.75) is 43.3 Å². The van der Waals surface area contributed by atoms with Gasteiger partial charge in [-0.05, 0) is 36.4 Å². The highest BCUT2D eigenvalue weighted by molar-refractivity contribution is 6.31. The van der Waals surface area contributed by atoms with Gasteiger partial charge in [-0.15, -0.1) is 0 Å². The van der Waals surface area contributed by atoms with Crippen LogP contribution in [0, 0.1) is 0 Å². The third kappa shape index (κ3) is 5.16. The van der Waals surface area contributed by atoms with E-state index in [9.17, 15) is 0 Å². The molecule has 3 aromatic carbocycles. The molecule has 0 saturated carbocycles. The summed E-state index contributed by atoms with van der Waals surface area (Å²) in [6, 6.07) is 22.1. The minimum Gasteiger partial charge on any atom is -0.346 e. The molecule has 7 atom stereocenters. The highest BCUT2D eigenvalue weighted by Gasteiger charge is 2.51. The number of halogens is 3. The third-order valence-electron chi connectivity index (χ3n) is 6.47. The molecule has 0 aliphatic carbocycles. The van der Waals surface area contributed by atoms with Gasteiger partial charge in [0.1, 0.15) is 24.4 Å². The van der Waals surface area contributed by atoms with Crippen molar-refractivity contribution in [1.82, 2.24) is 0 Å². The van der Waals surface area contributed by atoms with Crippen molar-refractivity contribution >= 4 is 34.8 Å². The Labute approximate surface area is 223 Å². The summed E-state index contributed by atoms with van der Waals surface area (Å²) in [6.45, 7) is 0.399. The summed E-state index contributed by atoms with van der Waals surface area (Å²) in [5.41, 5.74) is 2.54. The normalized spacial score (nSPS) is 32.2. The van der Waals surface area contributed by atoms with E-state index in [2.05, 4.69) is 0 Å². The van der Waals surface area contributed by atoms with Gasteiger partial charge in [0.25, 0.3) is 0 Å². The van der Waals surface area contributed by atoms with Gasteiger partial charge in [-0.25, -0.2) is 0 Å². The number of hydrogen-bond donors (Lipinski definition) is 0. The topological polar surface area (TPSA) is 55.4 Å². The van der Waals surface area contributed by atoms with Crippen LogP contribution in [0.4, 0.5) is 0 Å². The Balaban J connectivity index is 1.30. The molecule has 36 heavy (non-hydrogen) atoms. The maximum Gasteiger partial charge on any atom is 0.184 e. The van der Waals surface area contributed by atoms with E-state index in [1.165, 1.54) is 0 Å². The van der Waals surface area contributed by atoms with Crippen LogP contribution in [0.3, 0.4) is 0 Å². The van der Waals surface area contributed by atoms with E-state index in [4.69, 9.17) is 63.2 Å². The Kier molecular flexibility index (Phi) is 7.23. The van der Waals surface area contributed by atoms with Crippen molar-refractivity contribution in [2.75, 3.05) is 13.2 Å². The fourth-order valence-electron chi connectivity index (χ4n) is 4.62. The summed E-state index contributed by atoms with van der Waals surface area (Å²) in [7, 11) is 0. The van der Waals surface area contributed by atoms with Gasteiger partial charge in [0.05, 0.1) is 13.2 Å². The van der Waals surface area contributed by atoms with Gasteiger partial charge < -0.3 is 28.4 Å². The summed E-state index contributed by atoms with van der Waals surface area (Å²) in [4.78, 5) is 0. The molecule has 3 saturated heterocycles. The molecular weight excluding hydrogens is 527 g/mol. The molecule has 0 N–H and O–H groups in total. The lowest BCUT2D eigenvalue weighted by Crippen LogP contribution is -2.43. The molecule has 3 unspecified atom stereocenters. The van der Waals surface area contributed by atoms with Gasteiger partial charge in [-0.3, -0.25) is 0 Å². The average molecular weight is 550 g/mol. The van der Waals surface area contributed by atoms with Crippen LogP contribution in [-0.4, -0.2) is 37.6 Å². The number of benzene rings is 3. The van der Waals surface area contributed by atoms with E-state index in [1.54, 1.807) is 24.3 Å².